The molecule has 0 fully saturated rings. The van der Waals surface area contributed by atoms with Gasteiger partial charge in [0, 0.05) is 6.92 Å². The first-order valence-corrected chi connectivity index (χ1v) is 5.98. The van der Waals surface area contributed by atoms with Gasteiger partial charge in [-0.25, -0.2) is 0 Å². The molecule has 0 radical (unpaired) electrons. The molecule has 92 valence electrons. The molecule has 1 aromatic rings. The van der Waals surface area contributed by atoms with Crippen LogP contribution >= 0.6 is 0 Å². The summed E-state index contributed by atoms with van der Waals surface area (Å²) in [6, 6.07) is 8.52. The van der Waals surface area contributed by atoms with E-state index in [4.69, 9.17) is 4.74 Å². The molecule has 0 heterocycles. The molecular weight excluding hydrogens is 212 g/mol. The largest absolute Gasteiger partial charge is 0.435 e. The lowest BCUT2D eigenvalue weighted by atomic mass is 10.0. The second-order valence-corrected chi connectivity index (χ2v) is 4.60. The Bertz CT molecular complexity index is 392. The average molecular weight is 232 g/mol. The lowest BCUT2D eigenvalue weighted by Gasteiger charge is -2.06. The third-order valence-electron chi connectivity index (χ3n) is 2.32. The zero-order valence-electron chi connectivity index (χ0n) is 10.8. The highest BCUT2D eigenvalue weighted by molar-refractivity contribution is 5.66. The molecule has 0 bridgehead atoms. The number of carbonyl (C=O) groups is 1. The summed E-state index contributed by atoms with van der Waals surface area (Å²) in [5.74, 6) is 0.386. The summed E-state index contributed by atoms with van der Waals surface area (Å²) in [5.41, 5.74) is 2.60. The highest BCUT2D eigenvalue weighted by atomic mass is 16.5. The van der Waals surface area contributed by atoms with Gasteiger partial charge in [-0.3, -0.25) is 4.79 Å². The van der Waals surface area contributed by atoms with E-state index in [1.54, 1.807) is 0 Å². The maximum Gasteiger partial charge on any atom is 0.307 e. The van der Waals surface area contributed by atoms with Crippen molar-refractivity contribution in [3.63, 3.8) is 0 Å². The van der Waals surface area contributed by atoms with Gasteiger partial charge in [0.15, 0.2) is 0 Å². The van der Waals surface area contributed by atoms with Crippen LogP contribution < -0.4 is 0 Å². The Morgan fingerprint density at radius 2 is 2.06 bits per heavy atom. The molecule has 0 unspecified atom stereocenters. The summed E-state index contributed by atoms with van der Waals surface area (Å²) in [6.07, 6.45) is 5.20. The van der Waals surface area contributed by atoms with Crippen molar-refractivity contribution in [2.75, 3.05) is 0 Å². The van der Waals surface area contributed by atoms with E-state index in [0.717, 1.165) is 12.8 Å². The third kappa shape index (κ3) is 5.91. The van der Waals surface area contributed by atoms with Crippen LogP contribution in [0.1, 0.15) is 31.9 Å². The fourth-order valence-corrected chi connectivity index (χ4v) is 1.68. The molecule has 1 aromatic carbocycles. The van der Waals surface area contributed by atoms with Crippen molar-refractivity contribution in [3.05, 3.63) is 47.7 Å². The summed E-state index contributed by atoms with van der Waals surface area (Å²) in [7, 11) is 0. The van der Waals surface area contributed by atoms with Gasteiger partial charge in [0.05, 0.1) is 6.26 Å². The molecule has 2 nitrogen and oxygen atoms in total. The highest BCUT2D eigenvalue weighted by Crippen LogP contribution is 2.11. The Balaban J connectivity index is 2.53. The first-order chi connectivity index (χ1) is 8.08. The first-order valence-electron chi connectivity index (χ1n) is 5.98. The number of rotatable bonds is 5. The maximum absolute atomic E-state index is 10.6. The van der Waals surface area contributed by atoms with Crippen molar-refractivity contribution < 1.29 is 9.53 Å². The van der Waals surface area contributed by atoms with Crippen LogP contribution in [-0.4, -0.2) is 5.97 Å². The van der Waals surface area contributed by atoms with Crippen molar-refractivity contribution in [1.29, 1.82) is 0 Å². The van der Waals surface area contributed by atoms with Gasteiger partial charge in [-0.2, -0.15) is 0 Å². The van der Waals surface area contributed by atoms with Crippen LogP contribution in [0, 0.1) is 5.92 Å². The van der Waals surface area contributed by atoms with Gasteiger partial charge in [-0.1, -0.05) is 38.1 Å². The van der Waals surface area contributed by atoms with Crippen LogP contribution in [-0.2, 0) is 22.4 Å². The highest BCUT2D eigenvalue weighted by Gasteiger charge is 1.98. The molecule has 2 heteroatoms. The molecule has 0 N–H and O–H groups in total. The van der Waals surface area contributed by atoms with Crippen LogP contribution in [0.25, 0.3) is 0 Å². The lowest BCUT2D eigenvalue weighted by molar-refractivity contribution is -0.135. The molecule has 0 atom stereocenters. The molecule has 0 aromatic heterocycles. The smallest absolute Gasteiger partial charge is 0.307 e. The van der Waals surface area contributed by atoms with Crippen LogP contribution in [0.15, 0.2) is 36.6 Å². The third-order valence-corrected chi connectivity index (χ3v) is 2.32. The molecule has 0 saturated heterocycles. The number of benzene rings is 1. The van der Waals surface area contributed by atoms with E-state index in [2.05, 4.69) is 38.1 Å². The van der Waals surface area contributed by atoms with Crippen molar-refractivity contribution >= 4 is 5.97 Å². The molecule has 0 spiro atoms. The lowest BCUT2D eigenvalue weighted by Crippen LogP contribution is -1.95. The topological polar surface area (TPSA) is 26.3 Å². The zero-order valence-corrected chi connectivity index (χ0v) is 10.8. The molecule has 0 aliphatic heterocycles. The summed E-state index contributed by atoms with van der Waals surface area (Å²) in [6.45, 7) is 5.83. The Labute approximate surface area is 103 Å². The number of carbonyl (C=O) groups excluding carboxylic acids is 1. The predicted octanol–water partition coefficient (Wildman–Crippen LogP) is 3.50. The Kier molecular flexibility index (Phi) is 5.47. The molecular formula is C15H20O2. The van der Waals surface area contributed by atoms with Crippen molar-refractivity contribution in [2.24, 2.45) is 5.92 Å². The van der Waals surface area contributed by atoms with Gasteiger partial charge in [-0.15, -0.1) is 0 Å². The minimum Gasteiger partial charge on any atom is -0.435 e. The Hall–Kier alpha value is -1.57. The number of allylic oxidation sites excluding steroid dienone is 1. The minimum atomic E-state index is -0.283. The van der Waals surface area contributed by atoms with E-state index in [-0.39, 0.29) is 5.97 Å². The molecule has 1 rings (SSSR count). The van der Waals surface area contributed by atoms with E-state index < -0.39 is 0 Å². The summed E-state index contributed by atoms with van der Waals surface area (Å²) in [4.78, 5) is 10.6. The maximum atomic E-state index is 10.6. The van der Waals surface area contributed by atoms with Crippen molar-refractivity contribution in [2.45, 2.75) is 33.6 Å². The molecule has 0 aliphatic rings. The standard InChI is InChI=1S/C15H20O2/c1-12(2)10-15-7-4-6-14(11-15)8-5-9-17-13(3)16/h4-7,9,11-12H,8,10H2,1-3H3/b9-5+. The number of esters is 1. The van der Waals surface area contributed by atoms with Crippen molar-refractivity contribution in [3.8, 4) is 0 Å². The van der Waals surface area contributed by atoms with E-state index in [1.165, 1.54) is 24.3 Å². The summed E-state index contributed by atoms with van der Waals surface area (Å²) in [5, 5.41) is 0. The van der Waals surface area contributed by atoms with Crippen LogP contribution in [0.2, 0.25) is 0 Å². The van der Waals surface area contributed by atoms with E-state index in [1.807, 2.05) is 6.08 Å². The second-order valence-electron chi connectivity index (χ2n) is 4.60. The van der Waals surface area contributed by atoms with Crippen LogP contribution in [0.5, 0.6) is 0 Å². The Morgan fingerprint density at radius 1 is 1.35 bits per heavy atom. The van der Waals surface area contributed by atoms with E-state index in [9.17, 15) is 4.79 Å². The van der Waals surface area contributed by atoms with Crippen molar-refractivity contribution in [1.82, 2.24) is 0 Å². The van der Waals surface area contributed by atoms with E-state index >= 15 is 0 Å². The fraction of sp³-hybridized carbons (Fsp3) is 0.400. The Morgan fingerprint density at radius 3 is 2.71 bits per heavy atom. The minimum absolute atomic E-state index is 0.283. The van der Waals surface area contributed by atoms with E-state index in [0.29, 0.717) is 5.92 Å². The van der Waals surface area contributed by atoms with Crippen LogP contribution in [0.4, 0.5) is 0 Å². The van der Waals surface area contributed by atoms with Gasteiger partial charge in [-0.05, 0) is 36.0 Å². The molecule has 0 amide bonds. The fourth-order valence-electron chi connectivity index (χ4n) is 1.68. The first kappa shape index (κ1) is 13.5. The van der Waals surface area contributed by atoms with Crippen LogP contribution in [0.3, 0.4) is 0 Å². The quantitative estimate of drug-likeness (QED) is 0.573. The number of hydrogen-bond acceptors (Lipinski definition) is 2. The van der Waals surface area contributed by atoms with Gasteiger partial charge in [0.25, 0.3) is 0 Å². The normalized spacial score (nSPS) is 11.1. The second kappa shape index (κ2) is 6.89. The number of ether oxygens (including phenoxy) is 1. The predicted molar refractivity (Wildman–Crippen MR) is 69.6 cm³/mol. The summed E-state index contributed by atoms with van der Waals surface area (Å²) >= 11 is 0. The average Bonchev–Trinajstić information content (AvgIpc) is 2.24. The SMILES string of the molecule is CC(=O)O/C=C/Cc1cccc(CC(C)C)c1. The molecule has 0 aliphatic carbocycles. The number of hydrogen-bond donors (Lipinski definition) is 0. The van der Waals surface area contributed by atoms with Gasteiger partial charge < -0.3 is 4.74 Å². The van der Waals surface area contributed by atoms with Gasteiger partial charge in [0.1, 0.15) is 0 Å². The molecule has 0 saturated carbocycles. The molecule has 17 heavy (non-hydrogen) atoms. The zero-order chi connectivity index (χ0) is 12.7. The summed E-state index contributed by atoms with van der Waals surface area (Å²) < 4.78 is 4.74. The monoisotopic (exact) mass is 232 g/mol. The van der Waals surface area contributed by atoms with Gasteiger partial charge in [0.2, 0.25) is 0 Å². The van der Waals surface area contributed by atoms with Gasteiger partial charge >= 0.3 is 5.97 Å².